The first-order valence-corrected chi connectivity index (χ1v) is 12.1. The molecule has 0 fully saturated rings. The highest BCUT2D eigenvalue weighted by atomic mass is 19.1. The Hall–Kier alpha value is -4.78. The SMILES string of the molecule is C=C/C(=C\C(=C/C)c1ccc2[nH]nc(-c3nc4nccc(-c5cccc(F)c5)c4[nH]3)c2c1)NC(=C)CC. The fourth-order valence-corrected chi connectivity index (χ4v) is 4.23. The number of hydrogen-bond donors (Lipinski definition) is 3. The van der Waals surface area contributed by atoms with Crippen molar-refractivity contribution in [2.75, 3.05) is 0 Å². The van der Waals surface area contributed by atoms with E-state index in [0.717, 1.165) is 56.5 Å². The lowest BCUT2D eigenvalue weighted by atomic mass is 10.0. The van der Waals surface area contributed by atoms with Gasteiger partial charge in [0.25, 0.3) is 0 Å². The molecule has 7 heteroatoms. The third-order valence-corrected chi connectivity index (χ3v) is 6.24. The quantitative estimate of drug-likeness (QED) is 0.199. The van der Waals surface area contributed by atoms with Gasteiger partial charge in [0.15, 0.2) is 11.5 Å². The summed E-state index contributed by atoms with van der Waals surface area (Å²) in [4.78, 5) is 12.5. The molecule has 3 N–H and O–H groups in total. The Labute approximate surface area is 214 Å². The number of pyridine rings is 1. The van der Waals surface area contributed by atoms with E-state index >= 15 is 0 Å². The lowest BCUT2D eigenvalue weighted by molar-refractivity contribution is 0.628. The minimum atomic E-state index is -0.296. The van der Waals surface area contributed by atoms with Crippen molar-refractivity contribution in [2.45, 2.75) is 20.3 Å². The zero-order valence-corrected chi connectivity index (χ0v) is 20.8. The van der Waals surface area contributed by atoms with Crippen molar-refractivity contribution in [1.29, 1.82) is 0 Å². The molecule has 0 aliphatic rings. The van der Waals surface area contributed by atoms with Gasteiger partial charge in [-0.25, -0.2) is 14.4 Å². The fourth-order valence-electron chi connectivity index (χ4n) is 4.23. The number of hydrogen-bond acceptors (Lipinski definition) is 4. The number of aromatic nitrogens is 5. The van der Waals surface area contributed by atoms with Gasteiger partial charge in [0, 0.05) is 28.5 Å². The van der Waals surface area contributed by atoms with Crippen LogP contribution in [0.1, 0.15) is 25.8 Å². The number of fused-ring (bicyclic) bond motifs is 2. The lowest BCUT2D eigenvalue weighted by Gasteiger charge is -2.10. The minimum absolute atomic E-state index is 0.296. The molecule has 6 nitrogen and oxygen atoms in total. The molecule has 3 heterocycles. The first kappa shape index (κ1) is 23.9. The molecule has 0 radical (unpaired) electrons. The number of rotatable bonds is 8. The second-order valence-corrected chi connectivity index (χ2v) is 8.62. The maximum Gasteiger partial charge on any atom is 0.178 e. The summed E-state index contributed by atoms with van der Waals surface area (Å²) in [5.41, 5.74) is 8.26. The van der Waals surface area contributed by atoms with E-state index < -0.39 is 0 Å². The van der Waals surface area contributed by atoms with Crippen LogP contribution in [-0.2, 0) is 0 Å². The maximum absolute atomic E-state index is 13.9. The third-order valence-electron chi connectivity index (χ3n) is 6.24. The largest absolute Gasteiger partial charge is 0.359 e. The van der Waals surface area contributed by atoms with Crippen molar-refractivity contribution >= 4 is 27.6 Å². The van der Waals surface area contributed by atoms with Crippen LogP contribution in [0.2, 0.25) is 0 Å². The van der Waals surface area contributed by atoms with Crippen molar-refractivity contribution in [3.8, 4) is 22.6 Å². The van der Waals surface area contributed by atoms with Gasteiger partial charge >= 0.3 is 0 Å². The van der Waals surface area contributed by atoms with E-state index in [-0.39, 0.29) is 5.82 Å². The Balaban J connectivity index is 1.58. The Bertz CT molecular complexity index is 1700. The van der Waals surface area contributed by atoms with Gasteiger partial charge in [-0.3, -0.25) is 5.10 Å². The normalized spacial score (nSPS) is 12.3. The number of benzene rings is 2. The van der Waals surface area contributed by atoms with Crippen LogP contribution < -0.4 is 5.32 Å². The van der Waals surface area contributed by atoms with Crippen molar-refractivity contribution in [2.24, 2.45) is 0 Å². The average Bonchev–Trinajstić information content (AvgIpc) is 3.54. The lowest BCUT2D eigenvalue weighted by Crippen LogP contribution is -2.09. The summed E-state index contributed by atoms with van der Waals surface area (Å²) in [6.45, 7) is 12.0. The number of H-pyrrole nitrogens is 2. The summed E-state index contributed by atoms with van der Waals surface area (Å²) in [6.07, 6.45) is 8.39. The van der Waals surface area contributed by atoms with Crippen LogP contribution in [0, 0.1) is 5.82 Å². The van der Waals surface area contributed by atoms with Crippen LogP contribution in [-0.4, -0.2) is 25.1 Å². The van der Waals surface area contributed by atoms with Crippen molar-refractivity contribution < 1.29 is 4.39 Å². The number of nitrogens with one attached hydrogen (secondary N) is 3. The molecular formula is C30H27FN6. The molecule has 3 aromatic heterocycles. The van der Waals surface area contributed by atoms with Crippen LogP contribution in [0.4, 0.5) is 4.39 Å². The van der Waals surface area contributed by atoms with Crippen molar-refractivity contribution in [1.82, 2.24) is 30.5 Å². The molecule has 0 atom stereocenters. The van der Waals surface area contributed by atoms with Crippen molar-refractivity contribution in [3.63, 3.8) is 0 Å². The second-order valence-electron chi connectivity index (χ2n) is 8.62. The molecule has 0 spiro atoms. The van der Waals surface area contributed by atoms with E-state index in [0.29, 0.717) is 17.2 Å². The molecular weight excluding hydrogens is 463 g/mol. The van der Waals surface area contributed by atoms with Gasteiger partial charge in [0.2, 0.25) is 0 Å². The second kappa shape index (κ2) is 10.1. The molecule has 5 rings (SSSR count). The maximum atomic E-state index is 13.9. The van der Waals surface area contributed by atoms with Gasteiger partial charge in [-0.05, 0) is 72.5 Å². The van der Waals surface area contributed by atoms with Crippen LogP contribution >= 0.6 is 0 Å². The topological polar surface area (TPSA) is 82.3 Å². The van der Waals surface area contributed by atoms with Gasteiger partial charge in [-0.15, -0.1) is 0 Å². The first-order chi connectivity index (χ1) is 18.0. The van der Waals surface area contributed by atoms with Gasteiger partial charge in [0.1, 0.15) is 11.5 Å². The average molecular weight is 491 g/mol. The van der Waals surface area contributed by atoms with Crippen LogP contribution in [0.5, 0.6) is 0 Å². The Morgan fingerprint density at radius 3 is 2.78 bits per heavy atom. The smallest absolute Gasteiger partial charge is 0.178 e. The number of allylic oxidation sites excluding steroid dienone is 5. The zero-order chi connectivity index (χ0) is 25.9. The summed E-state index contributed by atoms with van der Waals surface area (Å²) in [5.74, 6) is 0.288. The molecule has 37 heavy (non-hydrogen) atoms. The van der Waals surface area contributed by atoms with E-state index in [1.807, 2.05) is 37.3 Å². The van der Waals surface area contributed by atoms with Crippen LogP contribution in [0.25, 0.3) is 50.3 Å². The highest BCUT2D eigenvalue weighted by Crippen LogP contribution is 2.32. The summed E-state index contributed by atoms with van der Waals surface area (Å²) >= 11 is 0. The van der Waals surface area contributed by atoms with Gasteiger partial charge < -0.3 is 10.3 Å². The highest BCUT2D eigenvalue weighted by Gasteiger charge is 2.16. The summed E-state index contributed by atoms with van der Waals surface area (Å²) in [6, 6.07) is 14.5. The van der Waals surface area contributed by atoms with Crippen molar-refractivity contribution in [3.05, 3.63) is 109 Å². The standard InChI is InChI=1S/C30H27FN6/c1-5-18(4)33-23(7-3)16-19(6-2)20-11-12-26-25(17-20)28(37-36-26)30-34-27-24(13-14-32-29(27)35-30)21-9-8-10-22(31)15-21/h6-17,33H,3-5H2,1-2H3,(H,36,37)(H,32,34,35)/b19-6+,23-16+. The third kappa shape index (κ3) is 4.71. The van der Waals surface area contributed by atoms with Gasteiger partial charge in [-0.2, -0.15) is 5.10 Å². The van der Waals surface area contributed by atoms with E-state index in [1.54, 1.807) is 18.3 Å². The molecule has 2 aromatic carbocycles. The molecule has 0 saturated heterocycles. The number of nitrogens with zero attached hydrogens (tertiary/aromatic N) is 3. The molecule has 0 aliphatic heterocycles. The summed E-state index contributed by atoms with van der Waals surface area (Å²) in [5, 5.41) is 11.9. The number of imidazole rings is 1. The zero-order valence-electron chi connectivity index (χ0n) is 20.8. The van der Waals surface area contributed by atoms with Gasteiger partial charge in [0.05, 0.1) is 11.0 Å². The van der Waals surface area contributed by atoms with Crippen LogP contribution in [0.15, 0.2) is 97.5 Å². The first-order valence-electron chi connectivity index (χ1n) is 12.1. The monoisotopic (exact) mass is 490 g/mol. The Kier molecular flexibility index (Phi) is 6.51. The number of halogens is 1. The highest BCUT2D eigenvalue weighted by molar-refractivity contribution is 5.97. The van der Waals surface area contributed by atoms with Gasteiger partial charge in [-0.1, -0.05) is 44.4 Å². The molecule has 5 aromatic rings. The predicted molar refractivity (Wildman–Crippen MR) is 149 cm³/mol. The van der Waals surface area contributed by atoms with Crippen LogP contribution in [0.3, 0.4) is 0 Å². The summed E-state index contributed by atoms with van der Waals surface area (Å²) < 4.78 is 13.9. The molecule has 0 saturated carbocycles. The van der Waals surface area contributed by atoms with E-state index in [2.05, 4.69) is 57.7 Å². The minimum Gasteiger partial charge on any atom is -0.359 e. The van der Waals surface area contributed by atoms with E-state index in [4.69, 9.17) is 4.98 Å². The number of aromatic amines is 2. The van der Waals surface area contributed by atoms with E-state index in [9.17, 15) is 4.39 Å². The molecule has 0 aliphatic carbocycles. The Morgan fingerprint density at radius 2 is 2.03 bits per heavy atom. The fraction of sp³-hybridized carbons (Fsp3) is 0.100. The Morgan fingerprint density at radius 1 is 1.16 bits per heavy atom. The molecule has 0 unspecified atom stereocenters. The van der Waals surface area contributed by atoms with E-state index in [1.165, 1.54) is 12.1 Å². The summed E-state index contributed by atoms with van der Waals surface area (Å²) in [7, 11) is 0. The molecule has 0 amide bonds. The molecule has 184 valence electrons. The molecule has 0 bridgehead atoms. The predicted octanol–water partition coefficient (Wildman–Crippen LogP) is 7.29.